The van der Waals surface area contributed by atoms with Crippen molar-refractivity contribution in [3.8, 4) is 5.75 Å². The predicted molar refractivity (Wildman–Crippen MR) is 77.5 cm³/mol. The molecule has 2 rings (SSSR count). The van der Waals surface area contributed by atoms with E-state index in [1.54, 1.807) is 25.3 Å². The second-order valence-corrected chi connectivity index (χ2v) is 4.31. The molecule has 0 aliphatic rings. The number of allylic oxidation sites excluding steroid dienone is 1. The van der Waals surface area contributed by atoms with Crippen molar-refractivity contribution in [2.45, 2.75) is 6.92 Å². The maximum absolute atomic E-state index is 12.1. The molecule has 0 atom stereocenters. The first kappa shape index (κ1) is 13.1. The number of ether oxygens (including phenoxy) is 1. The molecular formula is C17H16O2. The lowest BCUT2D eigenvalue weighted by Crippen LogP contribution is -1.98. The molecule has 0 saturated carbocycles. The summed E-state index contributed by atoms with van der Waals surface area (Å²) >= 11 is 0. The lowest BCUT2D eigenvalue weighted by molar-refractivity contribution is 0.104. The summed E-state index contributed by atoms with van der Waals surface area (Å²) in [5, 5.41) is 0. The molecule has 0 spiro atoms. The summed E-state index contributed by atoms with van der Waals surface area (Å²) < 4.78 is 5.18. The monoisotopic (exact) mass is 252 g/mol. The van der Waals surface area contributed by atoms with E-state index in [1.165, 1.54) is 5.56 Å². The fourth-order valence-corrected chi connectivity index (χ4v) is 1.79. The highest BCUT2D eigenvalue weighted by Gasteiger charge is 2.07. The van der Waals surface area contributed by atoms with E-state index >= 15 is 0 Å². The van der Waals surface area contributed by atoms with Crippen LogP contribution >= 0.6 is 0 Å². The van der Waals surface area contributed by atoms with Gasteiger partial charge >= 0.3 is 0 Å². The smallest absolute Gasteiger partial charge is 0.189 e. The summed E-state index contributed by atoms with van der Waals surface area (Å²) in [5.41, 5.74) is 2.79. The molecule has 19 heavy (non-hydrogen) atoms. The number of carbonyl (C=O) groups excluding carboxylic acids is 1. The van der Waals surface area contributed by atoms with E-state index in [0.717, 1.165) is 5.56 Å². The molecule has 96 valence electrons. The minimum atomic E-state index is -0.0574. The molecule has 0 bridgehead atoms. The predicted octanol–water partition coefficient (Wildman–Crippen LogP) is 3.90. The molecule has 0 aliphatic carbocycles. The topological polar surface area (TPSA) is 26.3 Å². The Labute approximate surface area is 113 Å². The first-order valence-corrected chi connectivity index (χ1v) is 6.13. The van der Waals surface area contributed by atoms with Crippen LogP contribution in [-0.4, -0.2) is 12.9 Å². The molecule has 0 heterocycles. The number of hydrogen-bond acceptors (Lipinski definition) is 2. The lowest BCUT2D eigenvalue weighted by Gasteiger charge is -2.04. The maximum Gasteiger partial charge on any atom is 0.189 e. The van der Waals surface area contributed by atoms with Crippen molar-refractivity contribution in [2.75, 3.05) is 7.11 Å². The third-order valence-corrected chi connectivity index (χ3v) is 2.88. The van der Waals surface area contributed by atoms with E-state index in [1.807, 2.05) is 49.4 Å². The Bertz CT molecular complexity index is 595. The lowest BCUT2D eigenvalue weighted by atomic mass is 10.1. The summed E-state index contributed by atoms with van der Waals surface area (Å²) in [6, 6.07) is 15.2. The highest BCUT2D eigenvalue weighted by molar-refractivity contribution is 6.08. The van der Waals surface area contributed by atoms with Crippen molar-refractivity contribution in [3.63, 3.8) is 0 Å². The minimum Gasteiger partial charge on any atom is -0.496 e. The van der Waals surface area contributed by atoms with Crippen molar-refractivity contribution >= 4 is 11.9 Å². The number of carbonyl (C=O) groups is 1. The molecule has 2 heteroatoms. The summed E-state index contributed by atoms with van der Waals surface area (Å²) in [6.07, 6.45) is 3.39. The van der Waals surface area contributed by atoms with Crippen molar-refractivity contribution in [2.24, 2.45) is 0 Å². The SMILES string of the molecule is COc1ccccc1C(=O)C=Cc1ccc(C)cc1. The van der Waals surface area contributed by atoms with Crippen LogP contribution in [0, 0.1) is 6.92 Å². The molecule has 0 aromatic heterocycles. The Morgan fingerprint density at radius 2 is 1.74 bits per heavy atom. The quantitative estimate of drug-likeness (QED) is 0.609. The highest BCUT2D eigenvalue weighted by atomic mass is 16.5. The molecule has 0 aliphatic heterocycles. The van der Waals surface area contributed by atoms with Crippen molar-refractivity contribution in [1.82, 2.24) is 0 Å². The Kier molecular flexibility index (Phi) is 4.14. The zero-order valence-electron chi connectivity index (χ0n) is 11.1. The average molecular weight is 252 g/mol. The molecule has 2 aromatic carbocycles. The first-order valence-electron chi connectivity index (χ1n) is 6.13. The number of rotatable bonds is 4. The van der Waals surface area contributed by atoms with E-state index < -0.39 is 0 Å². The second-order valence-electron chi connectivity index (χ2n) is 4.31. The largest absolute Gasteiger partial charge is 0.496 e. The highest BCUT2D eigenvalue weighted by Crippen LogP contribution is 2.18. The third-order valence-electron chi connectivity index (χ3n) is 2.88. The van der Waals surface area contributed by atoms with Crippen LogP contribution in [0.15, 0.2) is 54.6 Å². The van der Waals surface area contributed by atoms with Crippen LogP contribution in [0.5, 0.6) is 5.75 Å². The van der Waals surface area contributed by atoms with Gasteiger partial charge in [-0.2, -0.15) is 0 Å². The molecule has 2 nitrogen and oxygen atoms in total. The van der Waals surface area contributed by atoms with Crippen molar-refractivity contribution in [1.29, 1.82) is 0 Å². The number of hydrogen-bond donors (Lipinski definition) is 0. The van der Waals surface area contributed by atoms with Gasteiger partial charge in [-0.3, -0.25) is 4.79 Å². The van der Waals surface area contributed by atoms with Gasteiger partial charge in [-0.1, -0.05) is 48.0 Å². The van der Waals surface area contributed by atoms with Gasteiger partial charge in [0.25, 0.3) is 0 Å². The van der Waals surface area contributed by atoms with Crippen LogP contribution in [-0.2, 0) is 0 Å². The van der Waals surface area contributed by atoms with Crippen molar-refractivity contribution < 1.29 is 9.53 Å². The Morgan fingerprint density at radius 1 is 1.05 bits per heavy atom. The zero-order valence-corrected chi connectivity index (χ0v) is 11.1. The van der Waals surface area contributed by atoms with E-state index in [4.69, 9.17) is 4.74 Å². The second kappa shape index (κ2) is 6.01. The van der Waals surface area contributed by atoms with Gasteiger partial charge in [-0.15, -0.1) is 0 Å². The normalized spacial score (nSPS) is 10.6. The summed E-state index contributed by atoms with van der Waals surface area (Å²) in [6.45, 7) is 2.04. The molecule has 0 unspecified atom stereocenters. The molecule has 0 amide bonds. The van der Waals surface area contributed by atoms with Crippen LogP contribution in [0.3, 0.4) is 0 Å². The number of methoxy groups -OCH3 is 1. The average Bonchev–Trinajstić information content (AvgIpc) is 2.46. The van der Waals surface area contributed by atoms with Crippen molar-refractivity contribution in [3.05, 3.63) is 71.3 Å². The molecule has 0 saturated heterocycles. The van der Waals surface area contributed by atoms with Crippen LogP contribution in [0.4, 0.5) is 0 Å². The molecule has 0 fully saturated rings. The number of aryl methyl sites for hydroxylation is 1. The maximum atomic E-state index is 12.1. The Hall–Kier alpha value is -2.35. The first-order chi connectivity index (χ1) is 9.20. The van der Waals surface area contributed by atoms with Crippen LogP contribution < -0.4 is 4.74 Å². The summed E-state index contributed by atoms with van der Waals surface area (Å²) in [5.74, 6) is 0.541. The van der Waals surface area contributed by atoms with E-state index in [-0.39, 0.29) is 5.78 Å². The Morgan fingerprint density at radius 3 is 2.42 bits per heavy atom. The molecule has 2 aromatic rings. The van der Waals surface area contributed by atoms with E-state index in [9.17, 15) is 4.79 Å². The van der Waals surface area contributed by atoms with Crippen LogP contribution in [0.25, 0.3) is 6.08 Å². The zero-order chi connectivity index (χ0) is 13.7. The summed E-state index contributed by atoms with van der Waals surface area (Å²) in [7, 11) is 1.57. The van der Waals surface area contributed by atoms with Gasteiger partial charge in [-0.25, -0.2) is 0 Å². The van der Waals surface area contributed by atoms with Crippen LogP contribution in [0.1, 0.15) is 21.5 Å². The fourth-order valence-electron chi connectivity index (χ4n) is 1.79. The molecule has 0 radical (unpaired) electrons. The van der Waals surface area contributed by atoms with Gasteiger partial charge < -0.3 is 4.74 Å². The number of para-hydroxylation sites is 1. The number of benzene rings is 2. The van der Waals surface area contributed by atoms with E-state index in [0.29, 0.717) is 11.3 Å². The van der Waals surface area contributed by atoms with Gasteiger partial charge in [0.1, 0.15) is 5.75 Å². The van der Waals surface area contributed by atoms with Gasteiger partial charge in [-0.05, 0) is 30.7 Å². The van der Waals surface area contributed by atoms with Gasteiger partial charge in [0, 0.05) is 0 Å². The number of ketones is 1. The summed E-state index contributed by atoms with van der Waals surface area (Å²) in [4.78, 5) is 12.1. The van der Waals surface area contributed by atoms with Gasteiger partial charge in [0.05, 0.1) is 12.7 Å². The van der Waals surface area contributed by atoms with Gasteiger partial charge in [0.15, 0.2) is 5.78 Å². The fraction of sp³-hybridized carbons (Fsp3) is 0.118. The standard InChI is InChI=1S/C17H16O2/c1-13-7-9-14(10-8-13)11-12-16(18)15-5-3-4-6-17(15)19-2/h3-12H,1-2H3. The van der Waals surface area contributed by atoms with E-state index in [2.05, 4.69) is 0 Å². The third kappa shape index (κ3) is 3.32. The molecule has 0 N–H and O–H groups in total. The molecular weight excluding hydrogens is 236 g/mol. The Balaban J connectivity index is 2.19. The van der Waals surface area contributed by atoms with Crippen LogP contribution in [0.2, 0.25) is 0 Å². The van der Waals surface area contributed by atoms with Gasteiger partial charge in [0.2, 0.25) is 0 Å². The minimum absolute atomic E-state index is 0.0574.